The smallest absolute Gasteiger partial charge is 0.174 e. The molecule has 1 saturated heterocycles. The molecule has 0 aromatic carbocycles. The van der Waals surface area contributed by atoms with Crippen molar-refractivity contribution < 1.29 is 10.3 Å². The minimum Gasteiger partial charge on any atom is -0.409 e. The summed E-state index contributed by atoms with van der Waals surface area (Å²) in [5, 5.41) is 29.8. The van der Waals surface area contributed by atoms with Crippen molar-refractivity contribution >= 4 is 11.7 Å². The first-order chi connectivity index (χ1) is 9.04. The fourth-order valence-corrected chi connectivity index (χ4v) is 2.25. The Balaban J connectivity index is 2.42. The summed E-state index contributed by atoms with van der Waals surface area (Å²) in [6.07, 6.45) is 1.11. The van der Waals surface area contributed by atoms with Crippen molar-refractivity contribution in [1.29, 1.82) is 0 Å². The minimum atomic E-state index is -0.261. The number of hydrogen-bond acceptors (Lipinski definition) is 6. The molecule has 1 aliphatic rings. The van der Waals surface area contributed by atoms with Crippen LogP contribution in [0.2, 0.25) is 0 Å². The molecule has 1 aliphatic heterocycles. The number of aromatic nitrogens is 2. The molecule has 0 saturated carbocycles. The van der Waals surface area contributed by atoms with Crippen LogP contribution in [-0.4, -0.2) is 45.5 Å². The Labute approximate surface area is 111 Å². The number of piperidine rings is 1. The molecule has 0 spiro atoms. The minimum absolute atomic E-state index is 0.0385. The van der Waals surface area contributed by atoms with Crippen LogP contribution in [0.5, 0.6) is 0 Å². The van der Waals surface area contributed by atoms with Crippen LogP contribution in [-0.2, 0) is 0 Å². The summed E-state index contributed by atoms with van der Waals surface area (Å²) in [6.45, 7) is 5.08. The third-order valence-electron chi connectivity index (χ3n) is 3.56. The van der Waals surface area contributed by atoms with Gasteiger partial charge in [-0.05, 0) is 32.3 Å². The standard InChI is InChI=1S/C12H19N5O2/c1-7-8(2)14-15-12(10(7)11(13)16-19)17-5-3-9(18)4-6-17/h9,18-19H,3-6H2,1-2H3,(H2,13,16). The third-order valence-corrected chi connectivity index (χ3v) is 3.56. The molecule has 2 rings (SSSR count). The Bertz CT molecular complexity index is 495. The maximum atomic E-state index is 9.55. The Morgan fingerprint density at radius 3 is 2.53 bits per heavy atom. The molecule has 7 nitrogen and oxygen atoms in total. The normalized spacial score (nSPS) is 17.8. The van der Waals surface area contributed by atoms with Crippen molar-refractivity contribution in [2.75, 3.05) is 18.0 Å². The van der Waals surface area contributed by atoms with E-state index < -0.39 is 0 Å². The van der Waals surface area contributed by atoms with Gasteiger partial charge in [-0.3, -0.25) is 0 Å². The highest BCUT2D eigenvalue weighted by Gasteiger charge is 2.24. The van der Waals surface area contributed by atoms with Crippen molar-refractivity contribution in [3.63, 3.8) is 0 Å². The van der Waals surface area contributed by atoms with Crippen LogP contribution in [0.4, 0.5) is 5.82 Å². The molecule has 0 atom stereocenters. The molecular weight excluding hydrogens is 246 g/mol. The lowest BCUT2D eigenvalue weighted by molar-refractivity contribution is 0.145. The van der Waals surface area contributed by atoms with Crippen LogP contribution in [0.1, 0.15) is 29.7 Å². The van der Waals surface area contributed by atoms with Gasteiger partial charge in [-0.1, -0.05) is 5.16 Å². The molecule has 4 N–H and O–H groups in total. The van der Waals surface area contributed by atoms with Gasteiger partial charge >= 0.3 is 0 Å². The number of anilines is 1. The maximum Gasteiger partial charge on any atom is 0.174 e. The number of nitrogens with two attached hydrogens (primary N) is 1. The largest absolute Gasteiger partial charge is 0.409 e. The van der Waals surface area contributed by atoms with Crippen LogP contribution in [0.25, 0.3) is 0 Å². The van der Waals surface area contributed by atoms with Crippen LogP contribution < -0.4 is 10.6 Å². The first-order valence-corrected chi connectivity index (χ1v) is 6.29. The number of oxime groups is 1. The number of aliphatic hydroxyl groups is 1. The van der Waals surface area contributed by atoms with E-state index >= 15 is 0 Å². The monoisotopic (exact) mass is 265 g/mol. The topological polar surface area (TPSA) is 108 Å². The van der Waals surface area contributed by atoms with Gasteiger partial charge in [0.1, 0.15) is 0 Å². The Morgan fingerprint density at radius 2 is 1.95 bits per heavy atom. The second-order valence-corrected chi connectivity index (χ2v) is 4.81. The molecule has 19 heavy (non-hydrogen) atoms. The van der Waals surface area contributed by atoms with Gasteiger partial charge in [-0.15, -0.1) is 5.10 Å². The highest BCUT2D eigenvalue weighted by atomic mass is 16.4. The second kappa shape index (κ2) is 5.40. The van der Waals surface area contributed by atoms with Crippen molar-refractivity contribution in [3.8, 4) is 0 Å². The van der Waals surface area contributed by atoms with Crippen molar-refractivity contribution in [2.45, 2.75) is 32.8 Å². The summed E-state index contributed by atoms with van der Waals surface area (Å²) in [5.74, 6) is 0.655. The van der Waals surface area contributed by atoms with Crippen LogP contribution >= 0.6 is 0 Å². The molecule has 1 aromatic heterocycles. The lowest BCUT2D eigenvalue weighted by Gasteiger charge is -2.31. The average Bonchev–Trinajstić information content (AvgIpc) is 2.42. The molecule has 0 unspecified atom stereocenters. The summed E-state index contributed by atoms with van der Waals surface area (Å²) in [5.41, 5.74) is 7.98. The zero-order valence-corrected chi connectivity index (χ0v) is 11.2. The van der Waals surface area contributed by atoms with Crippen molar-refractivity contribution in [1.82, 2.24) is 10.2 Å². The van der Waals surface area contributed by atoms with E-state index in [0.717, 1.165) is 11.3 Å². The molecule has 1 fully saturated rings. The average molecular weight is 265 g/mol. The quantitative estimate of drug-likeness (QED) is 0.304. The van der Waals surface area contributed by atoms with Crippen LogP contribution in [0.3, 0.4) is 0 Å². The summed E-state index contributed by atoms with van der Waals surface area (Å²) in [7, 11) is 0. The van der Waals surface area contributed by atoms with E-state index in [-0.39, 0.29) is 11.9 Å². The molecule has 7 heteroatoms. The Hall–Kier alpha value is -1.89. The summed E-state index contributed by atoms with van der Waals surface area (Å²) in [6, 6.07) is 0. The number of nitrogens with zero attached hydrogens (tertiary/aromatic N) is 4. The predicted octanol–water partition coefficient (Wildman–Crippen LogP) is 0.149. The highest BCUT2D eigenvalue weighted by molar-refractivity contribution is 6.02. The van der Waals surface area contributed by atoms with E-state index in [0.29, 0.717) is 37.3 Å². The highest BCUT2D eigenvalue weighted by Crippen LogP contribution is 2.24. The SMILES string of the molecule is Cc1nnc(N2CCC(O)CC2)c(/C(N)=N/O)c1C. The van der Waals surface area contributed by atoms with Gasteiger partial charge in [0.05, 0.1) is 17.4 Å². The lowest BCUT2D eigenvalue weighted by Crippen LogP contribution is -2.38. The van der Waals surface area contributed by atoms with Crippen LogP contribution in [0, 0.1) is 13.8 Å². The number of amidine groups is 1. The summed E-state index contributed by atoms with van der Waals surface area (Å²) >= 11 is 0. The van der Waals surface area contributed by atoms with Gasteiger partial charge in [-0.2, -0.15) is 5.10 Å². The number of aryl methyl sites for hydroxylation is 1. The Morgan fingerprint density at radius 1 is 1.32 bits per heavy atom. The lowest BCUT2D eigenvalue weighted by atomic mass is 10.0. The van der Waals surface area contributed by atoms with E-state index in [2.05, 4.69) is 15.4 Å². The molecule has 0 aliphatic carbocycles. The maximum absolute atomic E-state index is 9.55. The number of aliphatic hydroxyl groups excluding tert-OH is 1. The van der Waals surface area contributed by atoms with Gasteiger partial charge in [0.2, 0.25) is 0 Å². The number of hydrogen-bond donors (Lipinski definition) is 3. The fraction of sp³-hybridized carbons (Fsp3) is 0.583. The first kappa shape index (κ1) is 13.5. The Kier molecular flexibility index (Phi) is 3.84. The van der Waals surface area contributed by atoms with E-state index in [1.165, 1.54) is 0 Å². The molecule has 2 heterocycles. The van der Waals surface area contributed by atoms with Gasteiger partial charge < -0.3 is 20.9 Å². The van der Waals surface area contributed by atoms with Crippen molar-refractivity contribution in [2.24, 2.45) is 10.9 Å². The molecule has 0 amide bonds. The molecular formula is C12H19N5O2. The zero-order valence-electron chi connectivity index (χ0n) is 11.2. The van der Waals surface area contributed by atoms with E-state index in [1.54, 1.807) is 0 Å². The molecule has 0 radical (unpaired) electrons. The van der Waals surface area contributed by atoms with Gasteiger partial charge in [0, 0.05) is 13.1 Å². The van der Waals surface area contributed by atoms with Gasteiger partial charge in [0.15, 0.2) is 11.7 Å². The van der Waals surface area contributed by atoms with Crippen molar-refractivity contribution in [3.05, 3.63) is 16.8 Å². The second-order valence-electron chi connectivity index (χ2n) is 4.81. The van der Waals surface area contributed by atoms with E-state index in [9.17, 15) is 5.11 Å². The van der Waals surface area contributed by atoms with E-state index in [1.807, 2.05) is 18.7 Å². The first-order valence-electron chi connectivity index (χ1n) is 6.29. The van der Waals surface area contributed by atoms with Crippen LogP contribution in [0.15, 0.2) is 5.16 Å². The molecule has 1 aromatic rings. The fourth-order valence-electron chi connectivity index (χ4n) is 2.25. The molecule has 104 valence electrons. The predicted molar refractivity (Wildman–Crippen MR) is 71.5 cm³/mol. The molecule has 0 bridgehead atoms. The number of rotatable bonds is 2. The third kappa shape index (κ3) is 2.60. The summed E-state index contributed by atoms with van der Waals surface area (Å²) in [4.78, 5) is 2.01. The van der Waals surface area contributed by atoms with Gasteiger partial charge in [0.25, 0.3) is 0 Å². The van der Waals surface area contributed by atoms with Gasteiger partial charge in [-0.25, -0.2) is 0 Å². The van der Waals surface area contributed by atoms with E-state index in [4.69, 9.17) is 10.9 Å². The summed E-state index contributed by atoms with van der Waals surface area (Å²) < 4.78 is 0. The zero-order chi connectivity index (χ0) is 14.0.